The van der Waals surface area contributed by atoms with Crippen LogP contribution in [0.15, 0.2) is 35.7 Å². The van der Waals surface area contributed by atoms with Crippen LogP contribution in [0.4, 0.5) is 5.69 Å². The smallest absolute Gasteiger partial charge is 0.251 e. The van der Waals surface area contributed by atoms with E-state index in [2.05, 4.69) is 30.6 Å². The van der Waals surface area contributed by atoms with E-state index < -0.39 is 0 Å². The average Bonchev–Trinajstić information content (AvgIpc) is 2.94. The van der Waals surface area contributed by atoms with Gasteiger partial charge in [0, 0.05) is 28.1 Å². The van der Waals surface area contributed by atoms with Crippen LogP contribution in [0.3, 0.4) is 0 Å². The van der Waals surface area contributed by atoms with Crippen LogP contribution in [0.5, 0.6) is 0 Å². The molecular formula is C16H20N2OS. The lowest BCUT2D eigenvalue weighted by molar-refractivity contribution is 0.0945. The lowest BCUT2D eigenvalue weighted by Crippen LogP contribution is -2.36. The highest BCUT2D eigenvalue weighted by Gasteiger charge is 2.23. The van der Waals surface area contributed by atoms with Crippen molar-refractivity contribution in [2.75, 3.05) is 12.3 Å². The van der Waals surface area contributed by atoms with Crippen LogP contribution in [0.25, 0.3) is 0 Å². The maximum Gasteiger partial charge on any atom is 0.251 e. The Balaban J connectivity index is 2.08. The van der Waals surface area contributed by atoms with Gasteiger partial charge >= 0.3 is 0 Å². The van der Waals surface area contributed by atoms with Gasteiger partial charge in [-0.25, -0.2) is 0 Å². The summed E-state index contributed by atoms with van der Waals surface area (Å²) in [6.07, 6.45) is 0. The third kappa shape index (κ3) is 3.02. The second-order valence-corrected chi connectivity index (χ2v) is 6.51. The molecule has 1 amide bonds. The molecule has 0 unspecified atom stereocenters. The number of nitrogens with one attached hydrogen (secondary N) is 1. The van der Waals surface area contributed by atoms with E-state index in [4.69, 9.17) is 5.73 Å². The summed E-state index contributed by atoms with van der Waals surface area (Å²) in [4.78, 5) is 13.5. The lowest BCUT2D eigenvalue weighted by atomic mass is 9.91. The Kier molecular flexibility index (Phi) is 4.14. The molecule has 0 aliphatic rings. The first-order chi connectivity index (χ1) is 9.42. The summed E-state index contributed by atoms with van der Waals surface area (Å²) in [6, 6.07) is 9.55. The first-order valence-corrected chi connectivity index (χ1v) is 7.47. The zero-order valence-corrected chi connectivity index (χ0v) is 12.9. The molecule has 1 heterocycles. The van der Waals surface area contributed by atoms with Gasteiger partial charge in [0.2, 0.25) is 0 Å². The Bertz CT molecular complexity index is 603. The van der Waals surface area contributed by atoms with E-state index in [1.54, 1.807) is 17.4 Å². The maximum absolute atomic E-state index is 12.3. The highest BCUT2D eigenvalue weighted by atomic mass is 32.1. The third-order valence-electron chi connectivity index (χ3n) is 3.50. The van der Waals surface area contributed by atoms with E-state index in [-0.39, 0.29) is 11.3 Å². The van der Waals surface area contributed by atoms with E-state index in [9.17, 15) is 4.79 Å². The van der Waals surface area contributed by atoms with E-state index in [0.717, 1.165) is 5.56 Å². The van der Waals surface area contributed by atoms with Gasteiger partial charge in [0.15, 0.2) is 0 Å². The van der Waals surface area contributed by atoms with E-state index in [1.165, 1.54) is 4.88 Å². The fraction of sp³-hybridized carbons (Fsp3) is 0.312. The second kappa shape index (κ2) is 5.67. The van der Waals surface area contributed by atoms with Crippen molar-refractivity contribution in [2.24, 2.45) is 0 Å². The van der Waals surface area contributed by atoms with Crippen LogP contribution < -0.4 is 11.1 Å². The number of nitrogens with two attached hydrogens (primary N) is 1. The molecule has 3 N–H and O–H groups in total. The molecule has 1 aromatic heterocycles. The normalized spacial score (nSPS) is 11.3. The molecule has 0 bridgehead atoms. The summed E-state index contributed by atoms with van der Waals surface area (Å²) in [6.45, 7) is 6.73. The van der Waals surface area contributed by atoms with Crippen molar-refractivity contribution in [2.45, 2.75) is 26.2 Å². The third-order valence-corrected chi connectivity index (χ3v) is 4.74. The summed E-state index contributed by atoms with van der Waals surface area (Å²) in [5.41, 5.74) is 7.89. The van der Waals surface area contributed by atoms with Crippen molar-refractivity contribution in [1.82, 2.24) is 5.32 Å². The molecule has 0 aliphatic carbocycles. The number of amides is 1. The average molecular weight is 288 g/mol. The minimum absolute atomic E-state index is 0.0700. The van der Waals surface area contributed by atoms with Gasteiger partial charge in [-0.15, -0.1) is 11.3 Å². The topological polar surface area (TPSA) is 55.1 Å². The predicted octanol–water partition coefficient (Wildman–Crippen LogP) is 3.35. The Morgan fingerprint density at radius 2 is 2.05 bits per heavy atom. The second-order valence-electron chi connectivity index (χ2n) is 5.56. The van der Waals surface area contributed by atoms with Crippen molar-refractivity contribution in [3.63, 3.8) is 0 Å². The molecular weight excluding hydrogens is 268 g/mol. The molecule has 20 heavy (non-hydrogen) atoms. The van der Waals surface area contributed by atoms with Gasteiger partial charge in [-0.05, 0) is 36.1 Å². The van der Waals surface area contributed by atoms with Crippen molar-refractivity contribution in [3.05, 3.63) is 51.7 Å². The van der Waals surface area contributed by atoms with Crippen LogP contribution in [0, 0.1) is 6.92 Å². The summed E-state index contributed by atoms with van der Waals surface area (Å²) in [5.74, 6) is -0.0700. The Morgan fingerprint density at radius 1 is 1.30 bits per heavy atom. The number of hydrogen-bond donors (Lipinski definition) is 2. The van der Waals surface area contributed by atoms with Crippen LogP contribution in [0.1, 0.15) is 34.6 Å². The molecule has 1 aromatic carbocycles. The summed E-state index contributed by atoms with van der Waals surface area (Å²) in [5, 5.41) is 5.06. The van der Waals surface area contributed by atoms with Crippen LogP contribution in [-0.2, 0) is 5.41 Å². The molecule has 0 spiro atoms. The van der Waals surface area contributed by atoms with Crippen molar-refractivity contribution >= 4 is 22.9 Å². The minimum Gasteiger partial charge on any atom is -0.398 e. The van der Waals surface area contributed by atoms with Crippen molar-refractivity contribution in [3.8, 4) is 0 Å². The SMILES string of the molecule is Cc1c(N)cccc1C(=O)NCC(C)(C)c1cccs1. The standard InChI is InChI=1S/C16H20N2OS/c1-11-12(6-4-7-13(11)17)15(19)18-10-16(2,3)14-8-5-9-20-14/h4-9H,10,17H2,1-3H3,(H,18,19). The Morgan fingerprint density at radius 3 is 2.70 bits per heavy atom. The molecule has 0 saturated heterocycles. The van der Waals surface area contributed by atoms with E-state index >= 15 is 0 Å². The summed E-state index contributed by atoms with van der Waals surface area (Å²) >= 11 is 1.71. The molecule has 2 aromatic rings. The zero-order valence-electron chi connectivity index (χ0n) is 12.1. The Hall–Kier alpha value is -1.81. The van der Waals surface area contributed by atoms with Crippen LogP contribution >= 0.6 is 11.3 Å². The number of anilines is 1. The largest absolute Gasteiger partial charge is 0.398 e. The first-order valence-electron chi connectivity index (χ1n) is 6.59. The van der Waals surface area contributed by atoms with Gasteiger partial charge in [0.05, 0.1) is 0 Å². The van der Waals surface area contributed by atoms with Gasteiger partial charge in [-0.3, -0.25) is 4.79 Å². The molecule has 106 valence electrons. The van der Waals surface area contributed by atoms with Gasteiger partial charge < -0.3 is 11.1 Å². The number of benzene rings is 1. The number of hydrogen-bond acceptors (Lipinski definition) is 3. The number of rotatable bonds is 4. The first kappa shape index (κ1) is 14.6. The molecule has 0 saturated carbocycles. The van der Waals surface area contributed by atoms with E-state index in [1.807, 2.05) is 25.1 Å². The zero-order chi connectivity index (χ0) is 14.8. The summed E-state index contributed by atoms with van der Waals surface area (Å²) in [7, 11) is 0. The highest BCUT2D eigenvalue weighted by molar-refractivity contribution is 7.10. The number of thiophene rings is 1. The summed E-state index contributed by atoms with van der Waals surface area (Å²) < 4.78 is 0. The Labute approximate surface area is 123 Å². The van der Waals surface area contributed by atoms with Crippen LogP contribution in [0.2, 0.25) is 0 Å². The van der Waals surface area contributed by atoms with Gasteiger partial charge in [0.1, 0.15) is 0 Å². The van der Waals surface area contributed by atoms with Gasteiger partial charge in [-0.2, -0.15) is 0 Å². The highest BCUT2D eigenvalue weighted by Crippen LogP contribution is 2.26. The number of carbonyl (C=O) groups is 1. The fourth-order valence-electron chi connectivity index (χ4n) is 2.05. The quantitative estimate of drug-likeness (QED) is 0.848. The van der Waals surface area contributed by atoms with Crippen LogP contribution in [-0.4, -0.2) is 12.5 Å². The molecule has 2 rings (SSSR count). The number of nitrogen functional groups attached to an aromatic ring is 1. The monoisotopic (exact) mass is 288 g/mol. The molecule has 4 heteroatoms. The molecule has 0 radical (unpaired) electrons. The maximum atomic E-state index is 12.3. The number of carbonyl (C=O) groups excluding carboxylic acids is 1. The molecule has 3 nitrogen and oxygen atoms in total. The minimum atomic E-state index is -0.0714. The molecule has 0 aliphatic heterocycles. The van der Waals surface area contributed by atoms with E-state index in [0.29, 0.717) is 17.8 Å². The van der Waals surface area contributed by atoms with Gasteiger partial charge in [-0.1, -0.05) is 26.0 Å². The predicted molar refractivity (Wildman–Crippen MR) is 85.3 cm³/mol. The lowest BCUT2D eigenvalue weighted by Gasteiger charge is -2.24. The van der Waals surface area contributed by atoms with Crippen molar-refractivity contribution in [1.29, 1.82) is 0 Å². The van der Waals surface area contributed by atoms with Gasteiger partial charge in [0.25, 0.3) is 5.91 Å². The molecule has 0 fully saturated rings. The van der Waals surface area contributed by atoms with Crippen molar-refractivity contribution < 1.29 is 4.79 Å². The molecule has 0 atom stereocenters. The fourth-order valence-corrected chi connectivity index (χ4v) is 2.90.